The van der Waals surface area contributed by atoms with E-state index >= 15 is 0 Å². The van der Waals surface area contributed by atoms with Crippen LogP contribution in [-0.4, -0.2) is 36.3 Å². The molecule has 4 rings (SSSR count). The van der Waals surface area contributed by atoms with E-state index in [2.05, 4.69) is 20.6 Å². The number of rotatable bonds is 4. The maximum atomic E-state index is 14.7. The molecule has 2 aromatic rings. The Morgan fingerprint density at radius 3 is 2.42 bits per heavy atom. The number of benzene rings is 2. The molecule has 2 aromatic carbocycles. The number of hydrogen-bond donors (Lipinski definition) is 2. The molecule has 1 saturated heterocycles. The molecule has 0 spiro atoms. The van der Waals surface area contributed by atoms with Crippen molar-refractivity contribution in [2.45, 2.75) is 37.3 Å². The molecule has 1 fully saturated rings. The molecule has 192 valence electrons. The van der Waals surface area contributed by atoms with Gasteiger partial charge in [-0.05, 0) is 42.3 Å². The third-order valence-corrected chi connectivity index (χ3v) is 6.16. The Hall–Kier alpha value is -3.35. The summed E-state index contributed by atoms with van der Waals surface area (Å²) < 4.78 is 96.9. The van der Waals surface area contributed by atoms with Crippen LogP contribution in [-0.2, 0) is 21.4 Å². The predicted octanol–water partition coefficient (Wildman–Crippen LogP) is 4.62. The SMILES string of the molecule is Cc1cc(C2=NOC(c3cc(C(F)(F)F)cc(Cl)c3F)(C(F)(F)F)C2)ccc1C(=O)N[C@@H]1CNC1=O. The standard InChI is InChI=1S/C22H15ClF7N3O3/c1-9-4-10(2-3-12(9)18(34)32-16-8-31-19(16)35)15-7-20(36-33-15,22(28,29)30)13-5-11(21(25,26)27)6-14(23)17(13)24/h2-6,16H,7-8H2,1H3,(H,31,35)(H,32,34)/t16-,20?/m1/s1. The first-order valence-electron chi connectivity index (χ1n) is 10.2. The van der Waals surface area contributed by atoms with Crippen LogP contribution < -0.4 is 10.6 Å². The minimum absolute atomic E-state index is 0.00243. The molecular weight excluding hydrogens is 523 g/mol. The van der Waals surface area contributed by atoms with Crippen molar-refractivity contribution in [3.05, 3.63) is 69.0 Å². The first kappa shape index (κ1) is 25.7. The number of amides is 2. The van der Waals surface area contributed by atoms with Crippen LogP contribution in [0.15, 0.2) is 35.5 Å². The van der Waals surface area contributed by atoms with Crippen molar-refractivity contribution < 1.29 is 45.2 Å². The molecular formula is C22H15ClF7N3O3. The molecule has 2 N–H and O–H groups in total. The largest absolute Gasteiger partial charge is 0.435 e. The molecule has 0 aliphatic carbocycles. The fourth-order valence-electron chi connectivity index (χ4n) is 3.82. The van der Waals surface area contributed by atoms with Crippen molar-refractivity contribution >= 4 is 29.1 Å². The van der Waals surface area contributed by atoms with Gasteiger partial charge in [-0.25, -0.2) is 4.39 Å². The molecule has 14 heteroatoms. The van der Waals surface area contributed by atoms with Crippen molar-refractivity contribution in [1.82, 2.24) is 10.6 Å². The normalized spacial score (nSPS) is 21.9. The number of aryl methyl sites for hydroxylation is 1. The zero-order chi connectivity index (χ0) is 26.6. The van der Waals surface area contributed by atoms with E-state index < -0.39 is 58.3 Å². The lowest BCUT2D eigenvalue weighted by molar-refractivity contribution is -0.276. The molecule has 6 nitrogen and oxygen atoms in total. The Morgan fingerprint density at radius 1 is 1.19 bits per heavy atom. The van der Waals surface area contributed by atoms with Gasteiger partial charge in [-0.3, -0.25) is 9.59 Å². The summed E-state index contributed by atoms with van der Waals surface area (Å²) in [6.45, 7) is 1.74. The Morgan fingerprint density at radius 2 is 1.89 bits per heavy atom. The molecule has 2 aliphatic rings. The summed E-state index contributed by atoms with van der Waals surface area (Å²) in [5.41, 5.74) is -6.44. The van der Waals surface area contributed by atoms with Gasteiger partial charge in [0.25, 0.3) is 11.5 Å². The number of carbonyl (C=O) groups is 2. The third kappa shape index (κ3) is 4.36. The predicted molar refractivity (Wildman–Crippen MR) is 112 cm³/mol. The molecule has 0 bridgehead atoms. The van der Waals surface area contributed by atoms with Gasteiger partial charge in [0.2, 0.25) is 5.91 Å². The highest BCUT2D eigenvalue weighted by atomic mass is 35.5. The van der Waals surface area contributed by atoms with Crippen molar-refractivity contribution in [3.63, 3.8) is 0 Å². The summed E-state index contributed by atoms with van der Waals surface area (Å²) in [5.74, 6) is -2.67. The van der Waals surface area contributed by atoms with Crippen LogP contribution in [0.4, 0.5) is 30.7 Å². The van der Waals surface area contributed by atoms with Gasteiger partial charge in [-0.1, -0.05) is 22.8 Å². The van der Waals surface area contributed by atoms with Gasteiger partial charge in [-0.15, -0.1) is 0 Å². The summed E-state index contributed by atoms with van der Waals surface area (Å²) in [7, 11) is 0. The number of nitrogens with one attached hydrogen (secondary N) is 2. The highest BCUT2D eigenvalue weighted by Crippen LogP contribution is 2.51. The number of β-lactam (4-membered cyclic amide) rings is 1. The van der Waals surface area contributed by atoms with E-state index in [1.54, 1.807) is 0 Å². The van der Waals surface area contributed by atoms with Gasteiger partial charge in [0, 0.05) is 17.7 Å². The van der Waals surface area contributed by atoms with Crippen LogP contribution in [0.3, 0.4) is 0 Å². The first-order chi connectivity index (χ1) is 16.6. The Kier molecular flexibility index (Phi) is 6.18. The third-order valence-electron chi connectivity index (χ3n) is 5.88. The first-order valence-corrected chi connectivity index (χ1v) is 10.6. The monoisotopic (exact) mass is 537 g/mol. The number of carbonyl (C=O) groups excluding carboxylic acids is 2. The zero-order valence-corrected chi connectivity index (χ0v) is 18.8. The van der Waals surface area contributed by atoms with Crippen molar-refractivity contribution in [3.8, 4) is 0 Å². The quantitative estimate of drug-likeness (QED) is 0.441. The second-order valence-electron chi connectivity index (χ2n) is 8.25. The Balaban J connectivity index is 1.67. The van der Waals surface area contributed by atoms with E-state index in [1.165, 1.54) is 25.1 Å². The fraction of sp³-hybridized carbons (Fsp3) is 0.318. The molecule has 0 saturated carbocycles. The zero-order valence-electron chi connectivity index (χ0n) is 18.1. The second kappa shape index (κ2) is 8.64. The smallest absolute Gasteiger partial charge is 0.374 e. The van der Waals surface area contributed by atoms with E-state index in [0.29, 0.717) is 5.56 Å². The van der Waals surface area contributed by atoms with E-state index in [-0.39, 0.29) is 41.4 Å². The fourth-order valence-corrected chi connectivity index (χ4v) is 4.04. The van der Waals surface area contributed by atoms with Gasteiger partial charge in [-0.2, -0.15) is 26.3 Å². The maximum Gasteiger partial charge on any atom is 0.435 e. The highest BCUT2D eigenvalue weighted by molar-refractivity contribution is 6.30. The Bertz CT molecular complexity index is 1290. The Labute approximate surface area is 203 Å². The van der Waals surface area contributed by atoms with Gasteiger partial charge >= 0.3 is 12.4 Å². The minimum atomic E-state index is -5.38. The van der Waals surface area contributed by atoms with E-state index in [1.807, 2.05) is 0 Å². The topological polar surface area (TPSA) is 79.8 Å². The van der Waals surface area contributed by atoms with E-state index in [0.717, 1.165) is 0 Å². The number of alkyl halides is 6. The van der Waals surface area contributed by atoms with Crippen LogP contribution in [0.5, 0.6) is 0 Å². The molecule has 2 atom stereocenters. The van der Waals surface area contributed by atoms with Crippen molar-refractivity contribution in [1.29, 1.82) is 0 Å². The highest BCUT2D eigenvalue weighted by Gasteiger charge is 2.64. The lowest BCUT2D eigenvalue weighted by atomic mass is 9.85. The molecule has 0 aromatic heterocycles. The summed E-state index contributed by atoms with van der Waals surface area (Å²) in [4.78, 5) is 28.4. The molecule has 2 heterocycles. The molecule has 36 heavy (non-hydrogen) atoms. The molecule has 1 unspecified atom stereocenters. The van der Waals surface area contributed by atoms with Crippen LogP contribution in [0, 0.1) is 12.7 Å². The van der Waals surface area contributed by atoms with Crippen LogP contribution in [0.25, 0.3) is 0 Å². The van der Waals surface area contributed by atoms with E-state index in [9.17, 15) is 40.3 Å². The van der Waals surface area contributed by atoms with Gasteiger partial charge < -0.3 is 15.5 Å². The van der Waals surface area contributed by atoms with Crippen LogP contribution in [0.1, 0.15) is 39.0 Å². The lowest BCUT2D eigenvalue weighted by Crippen LogP contribution is -2.61. The number of oxime groups is 1. The molecule has 2 aliphatic heterocycles. The van der Waals surface area contributed by atoms with Gasteiger partial charge in [0.15, 0.2) is 0 Å². The minimum Gasteiger partial charge on any atom is -0.374 e. The van der Waals surface area contributed by atoms with E-state index in [4.69, 9.17) is 11.6 Å². The number of hydrogen-bond acceptors (Lipinski definition) is 4. The van der Waals surface area contributed by atoms with Crippen LogP contribution in [0.2, 0.25) is 5.02 Å². The molecule has 2 amide bonds. The molecule has 0 radical (unpaired) electrons. The number of halogens is 8. The van der Waals surface area contributed by atoms with Gasteiger partial charge in [0.1, 0.15) is 11.9 Å². The number of nitrogens with zero attached hydrogens (tertiary/aromatic N) is 1. The average Bonchev–Trinajstić information content (AvgIpc) is 3.24. The summed E-state index contributed by atoms with van der Waals surface area (Å²) in [5, 5.41) is 7.20. The lowest BCUT2D eigenvalue weighted by Gasteiger charge is -2.30. The van der Waals surface area contributed by atoms with Gasteiger partial charge in [0.05, 0.1) is 22.7 Å². The van der Waals surface area contributed by atoms with Crippen molar-refractivity contribution in [2.24, 2.45) is 5.16 Å². The van der Waals surface area contributed by atoms with Crippen LogP contribution >= 0.6 is 11.6 Å². The summed E-state index contributed by atoms with van der Waals surface area (Å²) >= 11 is 5.50. The summed E-state index contributed by atoms with van der Waals surface area (Å²) in [6.07, 6.45) is -11.6. The maximum absolute atomic E-state index is 14.7. The average molecular weight is 538 g/mol. The summed E-state index contributed by atoms with van der Waals surface area (Å²) in [6, 6.07) is 3.34. The second-order valence-corrected chi connectivity index (χ2v) is 8.66. The van der Waals surface area contributed by atoms with Crippen molar-refractivity contribution in [2.75, 3.05) is 6.54 Å².